The molecule has 25 heavy (non-hydrogen) atoms. The van der Waals surface area contributed by atoms with Crippen LogP contribution in [-0.2, 0) is 9.31 Å². The smallest absolute Gasteiger partial charge is 0.449 e. The van der Waals surface area contributed by atoms with E-state index in [1.807, 2.05) is 18.4 Å². The molecule has 3 aliphatic carbocycles. The summed E-state index contributed by atoms with van der Waals surface area (Å²) in [6.07, 6.45) is 4.38. The molecule has 0 spiro atoms. The van der Waals surface area contributed by atoms with Gasteiger partial charge in [-0.2, -0.15) is 0 Å². The topological polar surface area (TPSA) is 34.8 Å². The number of anilines is 1. The Kier molecular flexibility index (Phi) is 3.18. The largest absolute Gasteiger partial charge is 0.596 e. The van der Waals surface area contributed by atoms with Crippen LogP contribution < -0.4 is 4.81 Å². The van der Waals surface area contributed by atoms with Gasteiger partial charge in [-0.3, -0.25) is 0 Å². The zero-order chi connectivity index (χ0) is 17.4. The molecule has 132 valence electrons. The summed E-state index contributed by atoms with van der Waals surface area (Å²) in [4.78, 5) is 2.12. The van der Waals surface area contributed by atoms with E-state index in [-0.39, 0.29) is 19.0 Å². The van der Waals surface area contributed by atoms with Crippen molar-refractivity contribution < 1.29 is 13.7 Å². The van der Waals surface area contributed by atoms with Gasteiger partial charge in [-0.15, -0.1) is 0 Å². The number of benzene rings is 1. The summed E-state index contributed by atoms with van der Waals surface area (Å²) in [5, 5.41) is 2.22. The number of rotatable bonds is 3. The Morgan fingerprint density at radius 1 is 1.20 bits per heavy atom. The Bertz CT molecular complexity index is 818. The molecule has 4 fully saturated rings. The molecule has 4 aliphatic rings. The molecule has 1 aromatic heterocycles. The van der Waals surface area contributed by atoms with Crippen molar-refractivity contribution in [3.05, 3.63) is 30.5 Å². The van der Waals surface area contributed by atoms with Crippen LogP contribution in [-0.4, -0.2) is 25.5 Å². The normalized spacial score (nSPS) is 35.5. The van der Waals surface area contributed by atoms with Crippen molar-refractivity contribution in [1.82, 2.24) is 0 Å². The van der Waals surface area contributed by atoms with Gasteiger partial charge in [-0.05, 0) is 50.0 Å². The summed E-state index contributed by atoms with van der Waals surface area (Å²) in [5.74, 6) is 2.18. The Hall–Kier alpha value is -1.46. The van der Waals surface area contributed by atoms with Crippen LogP contribution in [0.25, 0.3) is 10.8 Å². The summed E-state index contributed by atoms with van der Waals surface area (Å²) >= 11 is 0. The molecule has 1 aliphatic heterocycles. The van der Waals surface area contributed by atoms with E-state index in [9.17, 15) is 0 Å². The van der Waals surface area contributed by atoms with Crippen LogP contribution in [0.5, 0.6) is 0 Å². The van der Waals surface area contributed by atoms with Crippen LogP contribution in [0, 0.1) is 17.3 Å². The monoisotopic (exact) mass is 339 g/mol. The van der Waals surface area contributed by atoms with Crippen molar-refractivity contribution in [3.8, 4) is 0 Å². The standard InChI is InChI=1S/C20H26BNO3/c1-5-22(18-15-9-7-6-8-13(15)12-23-18)21-24-17-11-14-10-16(19(14,2)3)20(17,4)25-21/h6-9,12,14,16-17H,5,10-11H2,1-4H3/t14-,16-,17+,20-/m0/s1. The predicted molar refractivity (Wildman–Crippen MR) is 99.3 cm³/mol. The second-order valence-electron chi connectivity index (χ2n) is 8.69. The first-order valence-corrected chi connectivity index (χ1v) is 9.51. The lowest BCUT2D eigenvalue weighted by molar-refractivity contribution is -0.199. The molecular weight excluding hydrogens is 313 g/mol. The quantitative estimate of drug-likeness (QED) is 0.772. The third kappa shape index (κ3) is 1.97. The van der Waals surface area contributed by atoms with Crippen molar-refractivity contribution in [2.24, 2.45) is 17.3 Å². The van der Waals surface area contributed by atoms with E-state index in [0.717, 1.165) is 35.5 Å². The van der Waals surface area contributed by atoms with Crippen molar-refractivity contribution in [3.63, 3.8) is 0 Å². The lowest BCUT2D eigenvalue weighted by atomic mass is 9.43. The van der Waals surface area contributed by atoms with Crippen molar-refractivity contribution in [2.45, 2.75) is 52.2 Å². The average molecular weight is 339 g/mol. The maximum absolute atomic E-state index is 6.61. The summed E-state index contributed by atoms with van der Waals surface area (Å²) in [6.45, 7) is 9.94. The zero-order valence-corrected chi connectivity index (χ0v) is 15.5. The molecule has 1 saturated heterocycles. The maximum atomic E-state index is 6.61. The van der Waals surface area contributed by atoms with Crippen molar-refractivity contribution >= 4 is 23.9 Å². The first-order valence-electron chi connectivity index (χ1n) is 9.51. The molecule has 0 radical (unpaired) electrons. The predicted octanol–water partition coefficient (Wildman–Crippen LogP) is 4.48. The fourth-order valence-electron chi connectivity index (χ4n) is 5.56. The van der Waals surface area contributed by atoms with Gasteiger partial charge < -0.3 is 18.5 Å². The molecule has 2 bridgehead atoms. The van der Waals surface area contributed by atoms with Gasteiger partial charge in [0.2, 0.25) is 0 Å². The molecule has 1 aromatic carbocycles. The van der Waals surface area contributed by atoms with Gasteiger partial charge in [0.1, 0.15) is 6.26 Å². The van der Waals surface area contributed by atoms with E-state index in [2.05, 4.69) is 44.6 Å². The van der Waals surface area contributed by atoms with Gasteiger partial charge in [-0.1, -0.05) is 32.0 Å². The highest BCUT2D eigenvalue weighted by Gasteiger charge is 2.68. The third-order valence-corrected chi connectivity index (χ3v) is 7.28. The molecule has 0 unspecified atom stereocenters. The lowest BCUT2D eigenvalue weighted by Crippen LogP contribution is -2.65. The van der Waals surface area contributed by atoms with Crippen LogP contribution >= 0.6 is 0 Å². The molecule has 0 amide bonds. The molecule has 6 rings (SSSR count). The molecule has 4 nitrogen and oxygen atoms in total. The molecule has 5 heteroatoms. The van der Waals surface area contributed by atoms with Crippen LogP contribution in [0.15, 0.2) is 34.9 Å². The van der Waals surface area contributed by atoms with Crippen LogP contribution in [0.2, 0.25) is 0 Å². The number of hydrogen-bond donors (Lipinski definition) is 0. The van der Waals surface area contributed by atoms with Gasteiger partial charge in [0.25, 0.3) is 0 Å². The van der Waals surface area contributed by atoms with Crippen LogP contribution in [0.1, 0.15) is 40.5 Å². The fourth-order valence-corrected chi connectivity index (χ4v) is 5.56. The highest BCUT2D eigenvalue weighted by molar-refractivity contribution is 6.51. The zero-order valence-electron chi connectivity index (χ0n) is 15.5. The fraction of sp³-hybridized carbons (Fsp3) is 0.600. The minimum absolute atomic E-state index is 0.185. The Labute approximate surface area is 149 Å². The van der Waals surface area contributed by atoms with Gasteiger partial charge in [0.15, 0.2) is 5.88 Å². The summed E-state index contributed by atoms with van der Waals surface area (Å²) in [6, 6.07) is 8.25. The molecule has 2 heterocycles. The third-order valence-electron chi connectivity index (χ3n) is 7.28. The van der Waals surface area contributed by atoms with Crippen LogP contribution in [0.4, 0.5) is 5.88 Å². The highest BCUT2D eigenvalue weighted by Crippen LogP contribution is 2.65. The van der Waals surface area contributed by atoms with E-state index >= 15 is 0 Å². The van der Waals surface area contributed by atoms with Crippen LogP contribution in [0.3, 0.4) is 0 Å². The lowest BCUT2D eigenvalue weighted by Gasteiger charge is -2.64. The van der Waals surface area contributed by atoms with Gasteiger partial charge in [0.05, 0.1) is 11.7 Å². The van der Waals surface area contributed by atoms with Gasteiger partial charge >= 0.3 is 7.25 Å². The van der Waals surface area contributed by atoms with E-state index in [0.29, 0.717) is 11.3 Å². The van der Waals surface area contributed by atoms with E-state index in [1.165, 1.54) is 6.42 Å². The second-order valence-corrected chi connectivity index (χ2v) is 8.69. The Morgan fingerprint density at radius 2 is 2.00 bits per heavy atom. The van der Waals surface area contributed by atoms with Gasteiger partial charge in [0, 0.05) is 17.3 Å². The first kappa shape index (κ1) is 15.8. The summed E-state index contributed by atoms with van der Waals surface area (Å²) < 4.78 is 19.0. The highest BCUT2D eigenvalue weighted by atomic mass is 16.7. The van der Waals surface area contributed by atoms with Gasteiger partial charge in [-0.25, -0.2) is 0 Å². The molecule has 3 saturated carbocycles. The average Bonchev–Trinajstić information content (AvgIpc) is 3.16. The molecule has 0 N–H and O–H groups in total. The molecule has 4 atom stereocenters. The van der Waals surface area contributed by atoms with E-state index in [1.54, 1.807) is 0 Å². The summed E-state index contributed by atoms with van der Waals surface area (Å²) in [7, 11) is -0.371. The van der Waals surface area contributed by atoms with Crippen molar-refractivity contribution in [2.75, 3.05) is 11.4 Å². The Balaban J connectivity index is 1.48. The van der Waals surface area contributed by atoms with E-state index < -0.39 is 0 Å². The second kappa shape index (κ2) is 5.04. The molecular formula is C20H26BNO3. The maximum Gasteiger partial charge on any atom is 0.596 e. The number of fused-ring (bicyclic) bond motifs is 1. The number of hydrogen-bond acceptors (Lipinski definition) is 4. The first-order chi connectivity index (χ1) is 11.9. The minimum atomic E-state index is -0.371. The Morgan fingerprint density at radius 3 is 2.76 bits per heavy atom. The summed E-state index contributed by atoms with van der Waals surface area (Å²) in [5.41, 5.74) is 0.163. The number of nitrogens with zero attached hydrogens (tertiary/aromatic N) is 1. The minimum Gasteiger partial charge on any atom is -0.449 e. The SMILES string of the molecule is CCN(B1O[C@@H]2C[C@@H]3C[C@@H](C3(C)C)[C@]2(C)O1)c1occ2ccccc12. The van der Waals surface area contributed by atoms with Crippen molar-refractivity contribution in [1.29, 1.82) is 0 Å². The van der Waals surface area contributed by atoms with E-state index in [4.69, 9.17) is 13.7 Å². The molecule has 2 aromatic rings. The number of furan rings is 1.